The molecule has 2 rings (SSSR count). The number of hydrogen-bond acceptors (Lipinski definition) is 3. The molecule has 0 saturated heterocycles. The van der Waals surface area contributed by atoms with Crippen LogP contribution in [0.3, 0.4) is 0 Å². The van der Waals surface area contributed by atoms with Gasteiger partial charge >= 0.3 is 0 Å². The average molecular weight is 296 g/mol. The van der Waals surface area contributed by atoms with Crippen molar-refractivity contribution in [1.82, 2.24) is 0 Å². The molecule has 0 bridgehead atoms. The van der Waals surface area contributed by atoms with Crippen LogP contribution in [0.2, 0.25) is 0 Å². The van der Waals surface area contributed by atoms with Crippen LogP contribution in [0.4, 0.5) is 0 Å². The first-order valence-electron chi connectivity index (χ1n) is 7.45. The van der Waals surface area contributed by atoms with E-state index in [-0.39, 0.29) is 11.6 Å². The predicted octanol–water partition coefficient (Wildman–Crippen LogP) is 3.79. The van der Waals surface area contributed by atoms with E-state index in [1.54, 1.807) is 55.5 Å². The summed E-state index contributed by atoms with van der Waals surface area (Å²) >= 11 is 0. The Morgan fingerprint density at radius 2 is 1.27 bits per heavy atom. The Labute approximate surface area is 130 Å². The molecule has 0 aliphatic carbocycles. The topological polar surface area (TPSA) is 43.4 Å². The summed E-state index contributed by atoms with van der Waals surface area (Å²) in [7, 11) is 0. The molecule has 0 saturated carbocycles. The second-order valence-corrected chi connectivity index (χ2v) is 5.10. The lowest BCUT2D eigenvalue weighted by Crippen LogP contribution is -2.35. The minimum absolute atomic E-state index is 0.199. The number of carbonyl (C=O) groups excluding carboxylic acids is 2. The summed E-state index contributed by atoms with van der Waals surface area (Å²) in [5.41, 5.74) is 1.06. The van der Waals surface area contributed by atoms with Gasteiger partial charge in [0.05, 0.1) is 6.10 Å². The summed E-state index contributed by atoms with van der Waals surface area (Å²) < 4.78 is 5.55. The second kappa shape index (κ2) is 7.66. The Bertz CT molecular complexity index is 568. The van der Waals surface area contributed by atoms with Gasteiger partial charge in [-0.05, 0) is 13.8 Å². The third-order valence-corrected chi connectivity index (χ3v) is 3.58. The van der Waals surface area contributed by atoms with Crippen molar-refractivity contribution < 1.29 is 14.3 Å². The van der Waals surface area contributed by atoms with Crippen LogP contribution in [0, 0.1) is 5.92 Å². The Morgan fingerprint density at radius 1 is 0.864 bits per heavy atom. The van der Waals surface area contributed by atoms with Crippen LogP contribution < -0.4 is 0 Å². The molecule has 2 aromatic carbocycles. The van der Waals surface area contributed by atoms with Crippen molar-refractivity contribution in [2.24, 2.45) is 5.92 Å². The zero-order valence-electron chi connectivity index (χ0n) is 12.9. The minimum atomic E-state index is -0.829. The molecule has 1 atom stereocenters. The van der Waals surface area contributed by atoms with Crippen LogP contribution in [-0.2, 0) is 4.74 Å². The molecule has 1 unspecified atom stereocenters. The van der Waals surface area contributed by atoms with Gasteiger partial charge in [0.1, 0.15) is 5.92 Å². The van der Waals surface area contributed by atoms with E-state index >= 15 is 0 Å². The molecule has 0 amide bonds. The molecule has 0 aromatic heterocycles. The maximum atomic E-state index is 12.8. The summed E-state index contributed by atoms with van der Waals surface area (Å²) in [6, 6.07) is 17.8. The summed E-state index contributed by atoms with van der Waals surface area (Å²) in [5.74, 6) is -1.23. The number of ether oxygens (including phenoxy) is 1. The summed E-state index contributed by atoms with van der Waals surface area (Å²) in [5, 5.41) is 0. The Kier molecular flexibility index (Phi) is 5.61. The molecule has 0 heterocycles. The van der Waals surface area contributed by atoms with Crippen molar-refractivity contribution in [2.45, 2.75) is 20.0 Å². The Hall–Kier alpha value is -2.26. The molecule has 0 fully saturated rings. The van der Waals surface area contributed by atoms with E-state index in [1.165, 1.54) is 0 Å². The van der Waals surface area contributed by atoms with E-state index in [9.17, 15) is 9.59 Å². The first-order valence-corrected chi connectivity index (χ1v) is 7.45. The van der Waals surface area contributed by atoms with Crippen LogP contribution in [-0.4, -0.2) is 24.3 Å². The van der Waals surface area contributed by atoms with Crippen molar-refractivity contribution in [3.05, 3.63) is 71.8 Å². The van der Waals surface area contributed by atoms with Gasteiger partial charge < -0.3 is 4.74 Å². The fourth-order valence-corrected chi connectivity index (χ4v) is 2.47. The summed E-state index contributed by atoms with van der Waals surface area (Å²) in [6.45, 7) is 4.09. The fourth-order valence-electron chi connectivity index (χ4n) is 2.47. The predicted molar refractivity (Wildman–Crippen MR) is 86.1 cm³/mol. The zero-order valence-corrected chi connectivity index (χ0v) is 12.9. The van der Waals surface area contributed by atoms with Gasteiger partial charge in [0.2, 0.25) is 0 Å². The average Bonchev–Trinajstić information content (AvgIpc) is 2.56. The van der Waals surface area contributed by atoms with Crippen LogP contribution in [0.25, 0.3) is 0 Å². The zero-order chi connectivity index (χ0) is 15.9. The van der Waals surface area contributed by atoms with E-state index < -0.39 is 12.0 Å². The van der Waals surface area contributed by atoms with Gasteiger partial charge in [0, 0.05) is 17.7 Å². The standard InChI is InChI=1S/C19H20O3/c1-3-22-14(2)17(18(20)15-10-6-4-7-11-15)19(21)16-12-8-5-9-13-16/h4-14,17H,3H2,1-2H3. The number of rotatable bonds is 7. The van der Waals surface area contributed by atoms with Crippen LogP contribution in [0.15, 0.2) is 60.7 Å². The first-order chi connectivity index (χ1) is 10.6. The highest BCUT2D eigenvalue weighted by Gasteiger charge is 2.33. The van der Waals surface area contributed by atoms with Crippen molar-refractivity contribution >= 4 is 11.6 Å². The molecule has 0 aliphatic rings. The van der Waals surface area contributed by atoms with Crippen LogP contribution in [0.1, 0.15) is 34.6 Å². The van der Waals surface area contributed by atoms with Gasteiger partial charge in [0.25, 0.3) is 0 Å². The normalized spacial score (nSPS) is 12.1. The first kappa shape index (κ1) is 16.1. The SMILES string of the molecule is CCOC(C)C(C(=O)c1ccccc1)C(=O)c1ccccc1. The van der Waals surface area contributed by atoms with E-state index in [2.05, 4.69) is 0 Å². The van der Waals surface area contributed by atoms with Crippen molar-refractivity contribution in [3.63, 3.8) is 0 Å². The molecular weight excluding hydrogens is 276 g/mol. The highest BCUT2D eigenvalue weighted by molar-refractivity contribution is 6.16. The smallest absolute Gasteiger partial charge is 0.176 e. The number of ketones is 2. The number of benzene rings is 2. The van der Waals surface area contributed by atoms with Gasteiger partial charge in [-0.25, -0.2) is 0 Å². The summed E-state index contributed by atoms with van der Waals surface area (Å²) in [4.78, 5) is 25.6. The van der Waals surface area contributed by atoms with E-state index in [4.69, 9.17) is 4.74 Å². The number of hydrogen-bond donors (Lipinski definition) is 0. The van der Waals surface area contributed by atoms with E-state index in [0.29, 0.717) is 17.7 Å². The highest BCUT2D eigenvalue weighted by Crippen LogP contribution is 2.20. The third kappa shape index (κ3) is 3.68. The maximum absolute atomic E-state index is 12.8. The number of carbonyl (C=O) groups is 2. The van der Waals surface area contributed by atoms with Crippen molar-refractivity contribution in [2.75, 3.05) is 6.61 Å². The molecule has 114 valence electrons. The summed E-state index contributed by atoms with van der Waals surface area (Å²) in [6.07, 6.45) is -0.467. The van der Waals surface area contributed by atoms with Crippen molar-refractivity contribution in [3.8, 4) is 0 Å². The van der Waals surface area contributed by atoms with E-state index in [0.717, 1.165) is 0 Å². The largest absolute Gasteiger partial charge is 0.378 e. The Balaban J connectivity index is 2.35. The molecule has 0 aliphatic heterocycles. The van der Waals surface area contributed by atoms with Gasteiger partial charge in [0.15, 0.2) is 11.6 Å². The lowest BCUT2D eigenvalue weighted by atomic mass is 9.86. The monoisotopic (exact) mass is 296 g/mol. The molecular formula is C19H20O3. The van der Waals surface area contributed by atoms with Crippen molar-refractivity contribution in [1.29, 1.82) is 0 Å². The van der Waals surface area contributed by atoms with E-state index in [1.807, 2.05) is 19.1 Å². The molecule has 2 aromatic rings. The second-order valence-electron chi connectivity index (χ2n) is 5.10. The maximum Gasteiger partial charge on any atom is 0.176 e. The lowest BCUT2D eigenvalue weighted by Gasteiger charge is -2.22. The van der Waals surface area contributed by atoms with Gasteiger partial charge in [-0.2, -0.15) is 0 Å². The highest BCUT2D eigenvalue weighted by atomic mass is 16.5. The van der Waals surface area contributed by atoms with Crippen LogP contribution >= 0.6 is 0 Å². The minimum Gasteiger partial charge on any atom is -0.378 e. The molecule has 3 nitrogen and oxygen atoms in total. The number of Topliss-reactive ketones (excluding diaryl/α,β-unsaturated/α-hetero) is 2. The third-order valence-electron chi connectivity index (χ3n) is 3.58. The quantitative estimate of drug-likeness (QED) is 0.576. The fraction of sp³-hybridized carbons (Fsp3) is 0.263. The molecule has 0 radical (unpaired) electrons. The van der Waals surface area contributed by atoms with Gasteiger partial charge in [-0.3, -0.25) is 9.59 Å². The molecule has 3 heteroatoms. The molecule has 22 heavy (non-hydrogen) atoms. The molecule has 0 N–H and O–H groups in total. The van der Waals surface area contributed by atoms with Crippen LogP contribution in [0.5, 0.6) is 0 Å². The Morgan fingerprint density at radius 3 is 1.64 bits per heavy atom. The van der Waals surface area contributed by atoms with Gasteiger partial charge in [-0.15, -0.1) is 0 Å². The van der Waals surface area contributed by atoms with Gasteiger partial charge in [-0.1, -0.05) is 60.7 Å². The molecule has 0 spiro atoms. The lowest BCUT2D eigenvalue weighted by molar-refractivity contribution is 0.0304.